The van der Waals surface area contributed by atoms with Crippen molar-refractivity contribution in [2.75, 3.05) is 19.8 Å². The second kappa shape index (κ2) is 10.2. The fourth-order valence-corrected chi connectivity index (χ4v) is 8.35. The molecule has 0 spiro atoms. The smallest absolute Gasteiger partial charge is 0.260 e. The molecule has 4 aliphatic carbocycles. The molecular formula is C28H40N4O6. The molecule has 4 aliphatic rings. The third-order valence-corrected chi connectivity index (χ3v) is 10.3. The number of hydrogen-bond acceptors (Lipinski definition) is 8. The van der Waals surface area contributed by atoms with Gasteiger partial charge in [-0.2, -0.15) is 0 Å². The Morgan fingerprint density at radius 1 is 1.26 bits per heavy atom. The lowest BCUT2D eigenvalue weighted by molar-refractivity contribution is -0.181. The van der Waals surface area contributed by atoms with E-state index in [4.69, 9.17) is 4.84 Å². The summed E-state index contributed by atoms with van der Waals surface area (Å²) in [4.78, 5) is 37.0. The minimum absolute atomic E-state index is 0.0373. The Morgan fingerprint density at radius 2 is 2.08 bits per heavy atom. The van der Waals surface area contributed by atoms with Crippen LogP contribution >= 0.6 is 0 Å². The molecule has 1 aromatic heterocycles. The molecule has 0 aromatic carbocycles. The van der Waals surface area contributed by atoms with Gasteiger partial charge in [0, 0.05) is 30.3 Å². The molecule has 3 fully saturated rings. The number of Topliss-reactive ketones (excluding diaryl/α,β-unsaturated/α-hetero) is 1. The average Bonchev–Trinajstić information content (AvgIpc) is 3.49. The molecule has 208 valence electrons. The molecule has 7 atom stereocenters. The predicted octanol–water partition coefficient (Wildman–Crippen LogP) is 1.67. The van der Waals surface area contributed by atoms with Crippen molar-refractivity contribution in [1.82, 2.24) is 15.3 Å². The van der Waals surface area contributed by atoms with Crippen LogP contribution in [-0.2, 0) is 20.8 Å². The molecule has 1 heterocycles. The molecule has 5 rings (SSSR count). The first-order chi connectivity index (χ1) is 18.1. The number of carbonyl (C=O) groups excluding carboxylic acids is 2. The molecule has 0 radical (unpaired) electrons. The van der Waals surface area contributed by atoms with Crippen molar-refractivity contribution in [1.29, 1.82) is 0 Å². The first-order valence-electron chi connectivity index (χ1n) is 13.8. The van der Waals surface area contributed by atoms with E-state index in [0.717, 1.165) is 37.1 Å². The van der Waals surface area contributed by atoms with Crippen LogP contribution in [0.1, 0.15) is 64.5 Å². The average molecular weight is 529 g/mol. The molecule has 1 aromatic rings. The van der Waals surface area contributed by atoms with Crippen LogP contribution in [0.3, 0.4) is 0 Å². The molecular weight excluding hydrogens is 488 g/mol. The highest BCUT2D eigenvalue weighted by molar-refractivity contribution is 5.96. The molecule has 38 heavy (non-hydrogen) atoms. The number of fused-ring (bicyclic) bond motifs is 5. The molecule has 0 bridgehead atoms. The Morgan fingerprint density at radius 3 is 2.82 bits per heavy atom. The lowest BCUT2D eigenvalue weighted by Gasteiger charge is -2.60. The van der Waals surface area contributed by atoms with Gasteiger partial charge in [-0.05, 0) is 74.2 Å². The first kappa shape index (κ1) is 27.0. The standard InChI is InChI=1S/C28H40N4O6/c1-26-8-5-18(32-38-15-24(36)30-10-7-19-13-29-16-31-19)11-17(26)3-4-20-21-6-9-28(37,23(35)14-33)27(21,2)12-22(34)25(20)26/h11,13,16,20-22,25,33-34,37H,3-10,12,14-15H2,1-2H3,(H,29,31)(H,30,36). The van der Waals surface area contributed by atoms with E-state index in [1.54, 1.807) is 12.5 Å². The minimum atomic E-state index is -1.58. The maximum absolute atomic E-state index is 12.6. The van der Waals surface area contributed by atoms with E-state index >= 15 is 0 Å². The van der Waals surface area contributed by atoms with Crippen LogP contribution in [0.2, 0.25) is 0 Å². The van der Waals surface area contributed by atoms with Gasteiger partial charge in [-0.3, -0.25) is 9.59 Å². The molecule has 7 unspecified atom stereocenters. The van der Waals surface area contributed by atoms with E-state index in [1.807, 2.05) is 6.92 Å². The summed E-state index contributed by atoms with van der Waals surface area (Å²) in [6.07, 6.45) is 10.1. The Kier molecular flexibility index (Phi) is 7.26. The number of rotatable bonds is 8. The number of aromatic nitrogens is 2. The first-order valence-corrected chi connectivity index (χ1v) is 13.8. The molecule has 0 saturated heterocycles. The Bertz CT molecular complexity index is 1120. The second-order valence-corrected chi connectivity index (χ2v) is 12.1. The number of carbonyl (C=O) groups is 2. The summed E-state index contributed by atoms with van der Waals surface area (Å²) in [5, 5.41) is 39.4. The van der Waals surface area contributed by atoms with E-state index in [0.29, 0.717) is 32.2 Å². The zero-order chi connectivity index (χ0) is 27.1. The summed E-state index contributed by atoms with van der Waals surface area (Å²) >= 11 is 0. The fourth-order valence-electron chi connectivity index (χ4n) is 8.35. The van der Waals surface area contributed by atoms with Crippen molar-refractivity contribution >= 4 is 17.4 Å². The molecule has 10 nitrogen and oxygen atoms in total. The van der Waals surface area contributed by atoms with Crippen molar-refractivity contribution < 1.29 is 29.7 Å². The Labute approximate surface area is 222 Å². The maximum Gasteiger partial charge on any atom is 0.260 e. The monoisotopic (exact) mass is 528 g/mol. The largest absolute Gasteiger partial charge is 0.393 e. The van der Waals surface area contributed by atoms with Gasteiger partial charge in [0.25, 0.3) is 5.91 Å². The summed E-state index contributed by atoms with van der Waals surface area (Å²) in [6.45, 7) is 3.82. The number of nitrogens with one attached hydrogen (secondary N) is 2. The molecule has 0 aliphatic heterocycles. The van der Waals surface area contributed by atoms with Crippen LogP contribution in [0.25, 0.3) is 0 Å². The van der Waals surface area contributed by atoms with Gasteiger partial charge in [-0.15, -0.1) is 0 Å². The van der Waals surface area contributed by atoms with Gasteiger partial charge in [0.15, 0.2) is 12.4 Å². The highest BCUT2D eigenvalue weighted by atomic mass is 16.6. The number of ketones is 1. The summed E-state index contributed by atoms with van der Waals surface area (Å²) in [6, 6.07) is 0. The molecule has 3 saturated carbocycles. The van der Waals surface area contributed by atoms with Gasteiger partial charge in [0.1, 0.15) is 12.2 Å². The topological polar surface area (TPSA) is 157 Å². The van der Waals surface area contributed by atoms with E-state index in [1.165, 1.54) is 5.57 Å². The van der Waals surface area contributed by atoms with Crippen molar-refractivity contribution in [2.24, 2.45) is 33.7 Å². The maximum atomic E-state index is 12.6. The third kappa shape index (κ3) is 4.40. The number of nitrogens with zero attached hydrogens (tertiary/aromatic N) is 2. The van der Waals surface area contributed by atoms with Crippen LogP contribution in [0, 0.1) is 28.6 Å². The summed E-state index contributed by atoms with van der Waals surface area (Å²) in [5.41, 5.74) is 0.490. The van der Waals surface area contributed by atoms with E-state index < -0.39 is 29.5 Å². The number of oxime groups is 1. The van der Waals surface area contributed by atoms with Gasteiger partial charge in [-0.25, -0.2) is 4.98 Å². The van der Waals surface area contributed by atoms with Crippen LogP contribution in [0.5, 0.6) is 0 Å². The molecule has 5 N–H and O–H groups in total. The normalized spacial score (nSPS) is 39.1. The van der Waals surface area contributed by atoms with Crippen LogP contribution < -0.4 is 5.32 Å². The molecule has 10 heteroatoms. The third-order valence-electron chi connectivity index (χ3n) is 10.3. The van der Waals surface area contributed by atoms with Gasteiger partial charge >= 0.3 is 0 Å². The number of imidazole rings is 1. The highest BCUT2D eigenvalue weighted by Crippen LogP contribution is 2.67. The quantitative estimate of drug-likeness (QED) is 0.321. The van der Waals surface area contributed by atoms with E-state index in [2.05, 4.69) is 33.4 Å². The van der Waals surface area contributed by atoms with Crippen molar-refractivity contribution in [3.8, 4) is 0 Å². The number of aromatic amines is 1. The van der Waals surface area contributed by atoms with E-state index in [-0.39, 0.29) is 35.7 Å². The zero-order valence-electron chi connectivity index (χ0n) is 22.3. The number of H-pyrrole nitrogens is 1. The number of aliphatic hydroxyl groups excluding tert-OH is 2. The molecule has 1 amide bonds. The van der Waals surface area contributed by atoms with Crippen molar-refractivity contribution in [3.63, 3.8) is 0 Å². The SMILES string of the molecule is CC12CCC(=NOCC(=O)NCCc3cnc[nH]3)C=C1CCC1C2C(O)CC2(C)C1CCC2(O)C(=O)CO. The lowest BCUT2D eigenvalue weighted by Crippen LogP contribution is -2.62. The minimum Gasteiger partial charge on any atom is -0.393 e. The van der Waals surface area contributed by atoms with Gasteiger partial charge in [-0.1, -0.05) is 24.6 Å². The summed E-state index contributed by atoms with van der Waals surface area (Å²) in [5.74, 6) is -0.394. The summed E-state index contributed by atoms with van der Waals surface area (Å²) in [7, 11) is 0. The van der Waals surface area contributed by atoms with Gasteiger partial charge < -0.3 is 30.5 Å². The van der Waals surface area contributed by atoms with Crippen molar-refractivity contribution in [2.45, 2.75) is 76.9 Å². The number of allylic oxidation sites excluding steroid dienone is 2. The Balaban J connectivity index is 1.23. The number of amides is 1. The van der Waals surface area contributed by atoms with Crippen LogP contribution in [0.15, 0.2) is 29.3 Å². The van der Waals surface area contributed by atoms with Crippen molar-refractivity contribution in [3.05, 3.63) is 29.9 Å². The summed E-state index contributed by atoms with van der Waals surface area (Å²) < 4.78 is 0. The van der Waals surface area contributed by atoms with Gasteiger partial charge in [0.2, 0.25) is 0 Å². The highest BCUT2D eigenvalue weighted by Gasteiger charge is 2.68. The number of hydrogen-bond donors (Lipinski definition) is 5. The van der Waals surface area contributed by atoms with Crippen LogP contribution in [-0.4, -0.2) is 74.2 Å². The van der Waals surface area contributed by atoms with Gasteiger partial charge in [0.05, 0.1) is 18.1 Å². The van der Waals surface area contributed by atoms with E-state index in [9.17, 15) is 24.9 Å². The number of aliphatic hydroxyl groups is 3. The lowest BCUT2D eigenvalue weighted by atomic mass is 9.45. The Hall–Kier alpha value is -2.56. The zero-order valence-corrected chi connectivity index (χ0v) is 22.3. The van der Waals surface area contributed by atoms with Crippen LogP contribution in [0.4, 0.5) is 0 Å². The fraction of sp³-hybridized carbons (Fsp3) is 0.714. The predicted molar refractivity (Wildman–Crippen MR) is 139 cm³/mol. The second-order valence-electron chi connectivity index (χ2n) is 12.1.